The number of rotatable bonds is 8. The van der Waals surface area contributed by atoms with Crippen molar-refractivity contribution in [2.24, 2.45) is 0 Å². The highest BCUT2D eigenvalue weighted by molar-refractivity contribution is 9.10. The lowest BCUT2D eigenvalue weighted by Crippen LogP contribution is -2.26. The first-order valence-corrected chi connectivity index (χ1v) is 6.74. The maximum atomic E-state index is 11.3. The van der Waals surface area contributed by atoms with Gasteiger partial charge in [-0.15, -0.1) is 0 Å². The lowest BCUT2D eigenvalue weighted by atomic mass is 10.3. The molecule has 6 heteroatoms. The lowest BCUT2D eigenvalue weighted by Gasteiger charge is -2.06. The van der Waals surface area contributed by atoms with Gasteiger partial charge in [0, 0.05) is 17.4 Å². The molecule has 0 bridgehead atoms. The number of hydrogen-bond donors (Lipinski definition) is 2. The predicted octanol–water partition coefficient (Wildman–Crippen LogP) is 2.20. The monoisotopic (exact) mass is 329 g/mol. The number of aliphatic carboxylic acids is 1. The van der Waals surface area contributed by atoms with Crippen molar-refractivity contribution >= 4 is 27.8 Å². The molecule has 1 amide bonds. The Bertz CT molecular complexity index is 419. The highest BCUT2D eigenvalue weighted by Gasteiger charge is 2.02. The summed E-state index contributed by atoms with van der Waals surface area (Å²) in [6.07, 6.45) is 0.867. The summed E-state index contributed by atoms with van der Waals surface area (Å²) in [5.74, 6) is -0.311. The Hall–Kier alpha value is -1.56. The quantitative estimate of drug-likeness (QED) is 0.717. The maximum absolute atomic E-state index is 11.3. The van der Waals surface area contributed by atoms with Crippen molar-refractivity contribution in [3.63, 3.8) is 0 Å². The fraction of sp³-hybridized carbons (Fsp3) is 0.385. The van der Waals surface area contributed by atoms with E-state index in [1.807, 2.05) is 24.3 Å². The van der Waals surface area contributed by atoms with Crippen LogP contribution in [-0.2, 0) is 9.59 Å². The van der Waals surface area contributed by atoms with E-state index in [1.54, 1.807) is 0 Å². The topological polar surface area (TPSA) is 75.6 Å². The molecule has 0 saturated heterocycles. The van der Waals surface area contributed by atoms with Crippen LogP contribution in [0.4, 0.5) is 0 Å². The van der Waals surface area contributed by atoms with E-state index in [-0.39, 0.29) is 18.9 Å². The fourth-order valence-electron chi connectivity index (χ4n) is 1.35. The second-order valence-corrected chi connectivity index (χ2v) is 4.82. The van der Waals surface area contributed by atoms with Crippen LogP contribution in [0.1, 0.15) is 19.3 Å². The van der Waals surface area contributed by atoms with Crippen LogP contribution < -0.4 is 10.1 Å². The van der Waals surface area contributed by atoms with Crippen LogP contribution >= 0.6 is 15.9 Å². The summed E-state index contributed by atoms with van der Waals surface area (Å²) in [6, 6.07) is 7.45. The van der Waals surface area contributed by atoms with Crippen LogP contribution in [0.5, 0.6) is 5.75 Å². The molecule has 1 aromatic rings. The van der Waals surface area contributed by atoms with E-state index < -0.39 is 5.97 Å². The highest BCUT2D eigenvalue weighted by Crippen LogP contribution is 2.16. The zero-order valence-electron chi connectivity index (χ0n) is 10.4. The minimum Gasteiger partial charge on any atom is -0.494 e. The summed E-state index contributed by atoms with van der Waals surface area (Å²) in [6.45, 7) is 0.621. The van der Waals surface area contributed by atoms with Crippen molar-refractivity contribution in [1.29, 1.82) is 0 Å². The lowest BCUT2D eigenvalue weighted by molar-refractivity contribution is -0.136. The molecule has 0 saturated carbocycles. The van der Waals surface area contributed by atoms with Gasteiger partial charge >= 0.3 is 5.97 Å². The zero-order chi connectivity index (χ0) is 14.1. The Morgan fingerprint density at radius 1 is 1.21 bits per heavy atom. The molecule has 0 fully saturated rings. The van der Waals surface area contributed by atoms with Crippen molar-refractivity contribution in [3.8, 4) is 5.75 Å². The number of carboxylic acids is 1. The Morgan fingerprint density at radius 2 is 1.89 bits per heavy atom. The Morgan fingerprint density at radius 3 is 2.53 bits per heavy atom. The first-order valence-electron chi connectivity index (χ1n) is 5.95. The van der Waals surface area contributed by atoms with E-state index in [2.05, 4.69) is 21.2 Å². The van der Waals surface area contributed by atoms with Gasteiger partial charge in [-0.3, -0.25) is 9.59 Å². The molecule has 0 atom stereocenters. The predicted molar refractivity (Wildman–Crippen MR) is 74.1 cm³/mol. The molecular weight excluding hydrogens is 314 g/mol. The zero-order valence-corrected chi connectivity index (χ0v) is 12.0. The third kappa shape index (κ3) is 7.46. The molecule has 19 heavy (non-hydrogen) atoms. The number of hydrogen-bond acceptors (Lipinski definition) is 3. The molecule has 0 aliphatic rings. The largest absolute Gasteiger partial charge is 0.494 e. The van der Waals surface area contributed by atoms with Crippen molar-refractivity contribution in [2.75, 3.05) is 13.2 Å². The number of halogens is 1. The Balaban J connectivity index is 2.08. The van der Waals surface area contributed by atoms with E-state index in [9.17, 15) is 9.59 Å². The van der Waals surface area contributed by atoms with E-state index in [1.165, 1.54) is 0 Å². The van der Waals surface area contributed by atoms with E-state index in [0.717, 1.165) is 10.2 Å². The summed E-state index contributed by atoms with van der Waals surface area (Å²) in [7, 11) is 0. The normalized spacial score (nSPS) is 9.95. The van der Waals surface area contributed by atoms with E-state index in [4.69, 9.17) is 9.84 Å². The van der Waals surface area contributed by atoms with Crippen LogP contribution in [0.3, 0.4) is 0 Å². The fourth-order valence-corrected chi connectivity index (χ4v) is 1.62. The molecule has 0 unspecified atom stereocenters. The van der Waals surface area contributed by atoms with Crippen LogP contribution in [-0.4, -0.2) is 30.1 Å². The van der Waals surface area contributed by atoms with Crippen LogP contribution in [0.2, 0.25) is 0 Å². The molecule has 0 aromatic heterocycles. The molecule has 0 spiro atoms. The standard InChI is InChI=1S/C13H16BrNO4/c14-10-3-5-11(6-4-10)19-9-1-2-12(16)15-8-7-13(17)18/h3-6H,1-2,7-9H2,(H,15,16)(H,17,18). The Kier molecular flexibility index (Phi) is 6.95. The first-order chi connectivity index (χ1) is 9.08. The maximum Gasteiger partial charge on any atom is 0.305 e. The van der Waals surface area contributed by atoms with Crippen LogP contribution in [0.25, 0.3) is 0 Å². The van der Waals surface area contributed by atoms with Gasteiger partial charge in [-0.25, -0.2) is 0 Å². The molecule has 0 radical (unpaired) electrons. The van der Waals surface area contributed by atoms with Gasteiger partial charge in [-0.2, -0.15) is 0 Å². The van der Waals surface area contributed by atoms with Crippen molar-refractivity contribution < 1.29 is 19.4 Å². The van der Waals surface area contributed by atoms with Crippen molar-refractivity contribution in [1.82, 2.24) is 5.32 Å². The number of carbonyl (C=O) groups excluding carboxylic acids is 1. The summed E-state index contributed by atoms with van der Waals surface area (Å²) in [5.41, 5.74) is 0. The number of benzene rings is 1. The van der Waals surface area contributed by atoms with Gasteiger partial charge in [0.25, 0.3) is 0 Å². The minimum atomic E-state index is -0.918. The van der Waals surface area contributed by atoms with Gasteiger partial charge in [0.15, 0.2) is 0 Å². The molecule has 104 valence electrons. The molecule has 5 nitrogen and oxygen atoms in total. The molecule has 2 N–H and O–H groups in total. The molecule has 1 aromatic carbocycles. The minimum absolute atomic E-state index is 0.0544. The number of ether oxygens (including phenoxy) is 1. The van der Waals surface area contributed by atoms with Gasteiger partial charge in [-0.05, 0) is 30.7 Å². The van der Waals surface area contributed by atoms with Crippen molar-refractivity contribution in [2.45, 2.75) is 19.3 Å². The van der Waals surface area contributed by atoms with Gasteiger partial charge in [-0.1, -0.05) is 15.9 Å². The molecule has 0 aliphatic heterocycles. The second kappa shape index (κ2) is 8.53. The Labute approximate surface area is 120 Å². The summed E-state index contributed by atoms with van der Waals surface area (Å²) < 4.78 is 6.44. The summed E-state index contributed by atoms with van der Waals surface area (Å²) in [4.78, 5) is 21.6. The number of nitrogens with one attached hydrogen (secondary N) is 1. The summed E-state index contributed by atoms with van der Waals surface area (Å²) in [5, 5.41) is 11.0. The van der Waals surface area contributed by atoms with Gasteiger partial charge in [0.1, 0.15) is 5.75 Å². The van der Waals surface area contributed by atoms with Gasteiger partial charge < -0.3 is 15.2 Å². The van der Waals surface area contributed by atoms with Crippen LogP contribution in [0.15, 0.2) is 28.7 Å². The molecule has 0 heterocycles. The van der Waals surface area contributed by atoms with Gasteiger partial charge in [0.05, 0.1) is 13.0 Å². The van der Waals surface area contributed by atoms with E-state index >= 15 is 0 Å². The SMILES string of the molecule is O=C(O)CCNC(=O)CCCOc1ccc(Br)cc1. The number of carboxylic acid groups (broad SMARTS) is 1. The molecule has 1 rings (SSSR count). The van der Waals surface area contributed by atoms with Gasteiger partial charge in [0.2, 0.25) is 5.91 Å². The smallest absolute Gasteiger partial charge is 0.305 e. The first kappa shape index (κ1) is 15.5. The molecule has 0 aliphatic carbocycles. The average molecular weight is 330 g/mol. The average Bonchev–Trinajstić information content (AvgIpc) is 2.36. The number of amides is 1. The van der Waals surface area contributed by atoms with Crippen molar-refractivity contribution in [3.05, 3.63) is 28.7 Å². The van der Waals surface area contributed by atoms with Crippen LogP contribution in [0, 0.1) is 0 Å². The highest BCUT2D eigenvalue weighted by atomic mass is 79.9. The summed E-state index contributed by atoms with van der Waals surface area (Å²) >= 11 is 3.33. The second-order valence-electron chi connectivity index (χ2n) is 3.90. The number of carbonyl (C=O) groups is 2. The third-order valence-electron chi connectivity index (χ3n) is 2.29. The van der Waals surface area contributed by atoms with E-state index in [0.29, 0.717) is 19.4 Å². The molecular formula is C13H16BrNO4. The third-order valence-corrected chi connectivity index (χ3v) is 2.82.